The highest BCUT2D eigenvalue weighted by atomic mass is 28.4. The second-order valence-corrected chi connectivity index (χ2v) is 7.99. The summed E-state index contributed by atoms with van der Waals surface area (Å²) in [5.41, 5.74) is 1.88. The van der Waals surface area contributed by atoms with Crippen LogP contribution >= 0.6 is 0 Å². The lowest BCUT2D eigenvalue weighted by Gasteiger charge is -2.22. The lowest BCUT2D eigenvalue weighted by molar-refractivity contribution is 0.440. The van der Waals surface area contributed by atoms with Gasteiger partial charge in [-0.2, -0.15) is 0 Å². The van der Waals surface area contributed by atoms with Crippen molar-refractivity contribution in [1.29, 1.82) is 0 Å². The molecule has 0 bridgehead atoms. The molecule has 0 unspecified atom stereocenters. The molecule has 10 heavy (non-hydrogen) atoms. The van der Waals surface area contributed by atoms with E-state index < -0.39 is 8.56 Å². The molecule has 0 radical (unpaired) electrons. The molecule has 0 heterocycles. The Labute approximate surface area is 68.8 Å². The lowest BCUT2D eigenvalue weighted by atomic mass is 11.3. The van der Waals surface area contributed by atoms with Gasteiger partial charge >= 0.3 is 8.56 Å². The first kappa shape index (κ1) is 10.3. The molecular weight excluding hydrogens is 176 g/mol. The highest BCUT2D eigenvalue weighted by Crippen LogP contribution is 2.05. The quantitative estimate of drug-likeness (QED) is 0.575. The Morgan fingerprint density at radius 3 is 1.90 bits per heavy atom. The molecule has 0 atom stereocenters. The third kappa shape index (κ3) is 3.47. The molecule has 0 N–H and O–H groups in total. The topological polar surface area (TPSA) is 18.5 Å². The van der Waals surface area contributed by atoms with E-state index in [0.29, 0.717) is 0 Å². The van der Waals surface area contributed by atoms with Gasteiger partial charge in [-0.3, -0.25) is 0 Å². The Balaban J connectivity index is 3.81. The van der Waals surface area contributed by atoms with E-state index in [4.69, 9.17) is 8.23 Å². The van der Waals surface area contributed by atoms with Crippen LogP contribution in [0.5, 0.6) is 0 Å². The molecule has 0 aliphatic heterocycles. The van der Waals surface area contributed by atoms with E-state index >= 15 is 0 Å². The Morgan fingerprint density at radius 2 is 1.70 bits per heavy atom. The molecule has 0 saturated heterocycles. The summed E-state index contributed by atoms with van der Waals surface area (Å²) in [6.45, 7) is 10.0. The molecule has 0 aliphatic carbocycles. The van der Waals surface area contributed by atoms with Gasteiger partial charge in [0.05, 0.1) is 0 Å². The molecule has 0 aromatic rings. The van der Waals surface area contributed by atoms with Gasteiger partial charge < -0.3 is 8.23 Å². The minimum atomic E-state index is -1.84. The Bertz CT molecular complexity index is 101. The van der Waals surface area contributed by atoms with Crippen molar-refractivity contribution in [2.24, 2.45) is 0 Å². The maximum atomic E-state index is 5.59. The normalized spacial score (nSPS) is 18.7. The van der Waals surface area contributed by atoms with Gasteiger partial charge in [-0.05, 0) is 6.55 Å². The number of rotatable bonds is 5. The highest BCUT2D eigenvalue weighted by Gasteiger charge is 2.24. The van der Waals surface area contributed by atoms with Crippen LogP contribution in [0.15, 0.2) is 12.3 Å². The van der Waals surface area contributed by atoms with Gasteiger partial charge in [-0.25, -0.2) is 0 Å². The first-order valence-corrected chi connectivity index (χ1v) is 9.97. The first-order chi connectivity index (χ1) is 4.68. The molecule has 5 heteroatoms. The fourth-order valence-electron chi connectivity index (χ4n) is 0.733. The van der Waals surface area contributed by atoms with Crippen molar-refractivity contribution in [3.8, 4) is 0 Å². The molecule has 2 nitrogen and oxygen atoms in total. The van der Waals surface area contributed by atoms with Crippen LogP contribution in [-0.2, 0) is 8.23 Å². The predicted octanol–water partition coefficient (Wildman–Crippen LogP) is 0.0806. The van der Waals surface area contributed by atoms with Crippen molar-refractivity contribution in [3.63, 3.8) is 0 Å². The summed E-state index contributed by atoms with van der Waals surface area (Å²) in [6.07, 6.45) is 0. The minimum Gasteiger partial charge on any atom is -0.439 e. The van der Waals surface area contributed by atoms with Gasteiger partial charge in [0.1, 0.15) is 19.5 Å². The lowest BCUT2D eigenvalue weighted by Crippen LogP contribution is -2.38. The van der Waals surface area contributed by atoms with Gasteiger partial charge in [0.2, 0.25) is 0 Å². The SMILES string of the molecule is C=C[Si](C)(O[SiH2]C)O[SiH2]C. The molecule has 0 amide bonds. The molecule has 0 fully saturated rings. The van der Waals surface area contributed by atoms with Crippen LogP contribution in [0.1, 0.15) is 0 Å². The van der Waals surface area contributed by atoms with Gasteiger partial charge in [-0.1, -0.05) is 18.8 Å². The fraction of sp³-hybridized carbons (Fsp3) is 0.600. The summed E-state index contributed by atoms with van der Waals surface area (Å²) in [5.74, 6) is 0. The summed E-state index contributed by atoms with van der Waals surface area (Å²) < 4.78 is 11.2. The van der Waals surface area contributed by atoms with Crippen LogP contribution < -0.4 is 0 Å². The summed E-state index contributed by atoms with van der Waals surface area (Å²) >= 11 is 0. The molecule has 0 aromatic carbocycles. The van der Waals surface area contributed by atoms with Gasteiger partial charge in [0.25, 0.3) is 0 Å². The maximum absolute atomic E-state index is 5.59. The van der Waals surface area contributed by atoms with Crippen LogP contribution in [0.3, 0.4) is 0 Å². The van der Waals surface area contributed by atoms with Crippen LogP contribution in [0, 0.1) is 0 Å². The molecule has 0 aliphatic rings. The number of hydrogen-bond donors (Lipinski definition) is 0. The van der Waals surface area contributed by atoms with E-state index in [1.807, 2.05) is 5.70 Å². The molecule has 60 valence electrons. The molecular formula is C5H16O2Si3. The summed E-state index contributed by atoms with van der Waals surface area (Å²) in [4.78, 5) is 0. The Hall–Kier alpha value is 0.311. The third-order valence-electron chi connectivity index (χ3n) is 1.23. The summed E-state index contributed by atoms with van der Waals surface area (Å²) in [6, 6.07) is 0. The van der Waals surface area contributed by atoms with E-state index in [1.54, 1.807) is 0 Å². The Kier molecular flexibility index (Phi) is 5.18. The summed E-state index contributed by atoms with van der Waals surface area (Å²) in [7, 11) is -2.50. The molecule has 0 rings (SSSR count). The van der Waals surface area contributed by atoms with E-state index in [2.05, 4.69) is 26.2 Å². The van der Waals surface area contributed by atoms with Crippen molar-refractivity contribution in [1.82, 2.24) is 0 Å². The van der Waals surface area contributed by atoms with Crippen molar-refractivity contribution < 1.29 is 8.23 Å². The Morgan fingerprint density at radius 1 is 1.30 bits per heavy atom. The third-order valence-corrected chi connectivity index (χ3v) is 8.87. The van der Waals surface area contributed by atoms with Crippen molar-refractivity contribution in [3.05, 3.63) is 12.3 Å². The zero-order chi connectivity index (χ0) is 8.04. The average molecular weight is 192 g/mol. The van der Waals surface area contributed by atoms with Crippen LogP contribution in [-0.4, -0.2) is 28.1 Å². The van der Waals surface area contributed by atoms with Crippen molar-refractivity contribution in [2.45, 2.75) is 19.6 Å². The van der Waals surface area contributed by atoms with Crippen LogP contribution in [0.4, 0.5) is 0 Å². The van der Waals surface area contributed by atoms with E-state index in [-0.39, 0.29) is 19.5 Å². The first-order valence-electron chi connectivity index (χ1n) is 3.60. The highest BCUT2D eigenvalue weighted by molar-refractivity contribution is 6.78. The zero-order valence-corrected chi connectivity index (χ0v) is 10.8. The van der Waals surface area contributed by atoms with Gasteiger partial charge in [0, 0.05) is 0 Å². The predicted molar refractivity (Wildman–Crippen MR) is 52.8 cm³/mol. The van der Waals surface area contributed by atoms with Gasteiger partial charge in [0.15, 0.2) is 0 Å². The van der Waals surface area contributed by atoms with E-state index in [9.17, 15) is 0 Å². The van der Waals surface area contributed by atoms with Crippen molar-refractivity contribution in [2.75, 3.05) is 0 Å². The molecule has 0 spiro atoms. The van der Waals surface area contributed by atoms with E-state index in [1.165, 1.54) is 0 Å². The van der Waals surface area contributed by atoms with Gasteiger partial charge in [-0.15, -0.1) is 6.58 Å². The largest absolute Gasteiger partial charge is 0.439 e. The standard InChI is InChI=1S/C5H16O2Si3/c1-5-10(4,6-8-2)7-9-3/h5H,1,8-9H2,2-4H3. The number of hydrogen-bond acceptors (Lipinski definition) is 2. The summed E-state index contributed by atoms with van der Waals surface area (Å²) in [5, 5.41) is 0. The smallest absolute Gasteiger partial charge is 0.339 e. The second kappa shape index (κ2) is 5.03. The monoisotopic (exact) mass is 192 g/mol. The maximum Gasteiger partial charge on any atom is 0.339 e. The zero-order valence-electron chi connectivity index (χ0n) is 7.02. The van der Waals surface area contributed by atoms with Crippen LogP contribution in [0.2, 0.25) is 19.6 Å². The van der Waals surface area contributed by atoms with Crippen molar-refractivity contribution >= 4 is 28.1 Å². The molecule has 0 aromatic heterocycles. The van der Waals surface area contributed by atoms with E-state index in [0.717, 1.165) is 0 Å². The molecule has 0 saturated carbocycles. The average Bonchev–Trinajstić information content (AvgIpc) is 1.89. The second-order valence-electron chi connectivity index (χ2n) is 2.09. The minimum absolute atomic E-state index is 0.334. The fourth-order valence-corrected chi connectivity index (χ4v) is 7.34. The van der Waals surface area contributed by atoms with Crippen LogP contribution in [0.25, 0.3) is 0 Å².